The minimum absolute atomic E-state index is 0.0569. The lowest BCUT2D eigenvalue weighted by Gasteiger charge is -2.25. The van der Waals surface area contributed by atoms with Gasteiger partial charge in [-0.15, -0.1) is 11.3 Å². The monoisotopic (exact) mass is 481 g/mol. The number of thiophene rings is 1. The maximum Gasteiger partial charge on any atom is 0.339 e. The number of benzene rings is 2. The summed E-state index contributed by atoms with van der Waals surface area (Å²) in [4.78, 5) is 15.0. The first-order chi connectivity index (χ1) is 14.7. The van der Waals surface area contributed by atoms with E-state index in [1.165, 1.54) is 23.5 Å². The molecule has 164 valence electrons. The second-order valence-corrected chi connectivity index (χ2v) is 10.2. The fourth-order valence-electron chi connectivity index (χ4n) is 2.94. The molecule has 5 nitrogen and oxygen atoms in total. The van der Waals surface area contributed by atoms with Crippen LogP contribution in [0.3, 0.4) is 0 Å². The van der Waals surface area contributed by atoms with E-state index >= 15 is 0 Å². The van der Waals surface area contributed by atoms with Crippen LogP contribution < -0.4 is 4.18 Å². The van der Waals surface area contributed by atoms with E-state index in [0.717, 1.165) is 24.3 Å². The number of carbonyl (C=O) groups is 1. The molecular formula is C22H21ClFNO4S2. The first kappa shape index (κ1) is 23.2. The van der Waals surface area contributed by atoms with Gasteiger partial charge in [-0.2, -0.15) is 8.42 Å². The van der Waals surface area contributed by atoms with E-state index in [1.807, 2.05) is 19.2 Å². The molecule has 0 radical (unpaired) electrons. The molecule has 0 fully saturated rings. The van der Waals surface area contributed by atoms with Gasteiger partial charge in [-0.1, -0.05) is 31.5 Å². The van der Waals surface area contributed by atoms with Crippen molar-refractivity contribution in [3.8, 4) is 5.75 Å². The molecule has 0 aliphatic heterocycles. The molecule has 1 aromatic heterocycles. The highest BCUT2D eigenvalue weighted by atomic mass is 35.5. The molecule has 0 aliphatic rings. The van der Waals surface area contributed by atoms with Gasteiger partial charge < -0.3 is 9.08 Å². The summed E-state index contributed by atoms with van der Waals surface area (Å²) in [6.07, 6.45) is 0. The average Bonchev–Trinajstić information content (AvgIpc) is 3.23. The summed E-state index contributed by atoms with van der Waals surface area (Å²) in [6, 6.07) is 12.4. The second kappa shape index (κ2) is 9.80. The van der Waals surface area contributed by atoms with Gasteiger partial charge in [-0.3, -0.25) is 4.79 Å². The molecule has 1 heterocycles. The van der Waals surface area contributed by atoms with E-state index in [-0.39, 0.29) is 29.0 Å². The summed E-state index contributed by atoms with van der Waals surface area (Å²) in [5.74, 6) is -0.463. The Hall–Kier alpha value is -2.42. The highest BCUT2D eigenvalue weighted by molar-refractivity contribution is 7.87. The standard InChI is InChI=1S/C22H21ClFNO4S2/c1-15(2)13-25(22(26)21-4-3-11-30-21)14-16-12-17(23)5-10-20(16)29-31(27,28)19-8-6-18(24)7-9-19/h3-12,15H,13-14H2,1-2H3. The van der Waals surface area contributed by atoms with Crippen LogP contribution in [0.2, 0.25) is 5.02 Å². The Labute approximate surface area is 190 Å². The molecule has 3 rings (SSSR count). The van der Waals surface area contributed by atoms with Crippen LogP contribution in [0.1, 0.15) is 29.1 Å². The SMILES string of the molecule is CC(C)CN(Cc1cc(Cl)ccc1OS(=O)(=O)c1ccc(F)cc1)C(=O)c1cccs1. The highest BCUT2D eigenvalue weighted by Gasteiger charge is 2.23. The van der Waals surface area contributed by atoms with Crippen molar-refractivity contribution in [1.29, 1.82) is 0 Å². The summed E-state index contributed by atoms with van der Waals surface area (Å²) in [5, 5.41) is 2.21. The Bertz CT molecular complexity index is 1150. The topological polar surface area (TPSA) is 63.7 Å². The van der Waals surface area contributed by atoms with Crippen LogP contribution in [-0.2, 0) is 16.7 Å². The van der Waals surface area contributed by atoms with Gasteiger partial charge in [0.25, 0.3) is 5.91 Å². The molecule has 3 aromatic rings. The van der Waals surface area contributed by atoms with Crippen LogP contribution >= 0.6 is 22.9 Å². The van der Waals surface area contributed by atoms with Gasteiger partial charge in [0.1, 0.15) is 16.5 Å². The third-order valence-electron chi connectivity index (χ3n) is 4.29. The minimum Gasteiger partial charge on any atom is -0.379 e. The van der Waals surface area contributed by atoms with Crippen LogP contribution in [0.5, 0.6) is 5.75 Å². The van der Waals surface area contributed by atoms with Gasteiger partial charge in [0.05, 0.1) is 4.88 Å². The predicted octanol–water partition coefficient (Wildman–Crippen LogP) is 5.61. The molecular weight excluding hydrogens is 461 g/mol. The maximum absolute atomic E-state index is 13.2. The van der Waals surface area contributed by atoms with E-state index < -0.39 is 15.9 Å². The third kappa shape index (κ3) is 6.06. The number of nitrogens with zero attached hydrogens (tertiary/aromatic N) is 1. The Morgan fingerprint density at radius 2 is 1.87 bits per heavy atom. The van der Waals surface area contributed by atoms with Gasteiger partial charge in [0.2, 0.25) is 0 Å². The zero-order valence-electron chi connectivity index (χ0n) is 16.9. The number of halogens is 2. The fraction of sp³-hybridized carbons (Fsp3) is 0.227. The lowest BCUT2D eigenvalue weighted by Crippen LogP contribution is -2.33. The van der Waals surface area contributed by atoms with E-state index in [4.69, 9.17) is 15.8 Å². The van der Waals surface area contributed by atoms with Crippen LogP contribution in [0.4, 0.5) is 4.39 Å². The van der Waals surface area contributed by atoms with E-state index in [1.54, 1.807) is 23.1 Å². The van der Waals surface area contributed by atoms with E-state index in [9.17, 15) is 17.6 Å². The minimum atomic E-state index is -4.20. The summed E-state index contributed by atoms with van der Waals surface area (Å²) in [6.45, 7) is 4.56. The maximum atomic E-state index is 13.2. The lowest BCUT2D eigenvalue weighted by molar-refractivity contribution is 0.0727. The van der Waals surface area contributed by atoms with Gasteiger partial charge in [-0.05, 0) is 59.8 Å². The largest absolute Gasteiger partial charge is 0.379 e. The number of hydrogen-bond acceptors (Lipinski definition) is 5. The van der Waals surface area contributed by atoms with Gasteiger partial charge >= 0.3 is 10.1 Å². The van der Waals surface area contributed by atoms with Crippen molar-refractivity contribution in [3.05, 3.63) is 81.3 Å². The molecule has 0 N–H and O–H groups in total. The molecule has 1 amide bonds. The van der Waals surface area contributed by atoms with Gasteiger partial charge in [0, 0.05) is 23.7 Å². The Morgan fingerprint density at radius 3 is 2.48 bits per heavy atom. The summed E-state index contributed by atoms with van der Waals surface area (Å²) in [7, 11) is -4.20. The van der Waals surface area contributed by atoms with Crippen molar-refractivity contribution in [3.63, 3.8) is 0 Å². The zero-order valence-corrected chi connectivity index (χ0v) is 19.3. The van der Waals surface area contributed by atoms with Gasteiger partial charge in [-0.25, -0.2) is 4.39 Å². The average molecular weight is 482 g/mol. The van der Waals surface area contributed by atoms with E-state index in [2.05, 4.69) is 0 Å². The molecule has 0 aliphatic carbocycles. The van der Waals surface area contributed by atoms with Crippen LogP contribution in [0.15, 0.2) is 64.9 Å². The molecule has 0 saturated heterocycles. The van der Waals surface area contributed by atoms with Crippen LogP contribution in [0.25, 0.3) is 0 Å². The predicted molar refractivity (Wildman–Crippen MR) is 120 cm³/mol. The van der Waals surface area contributed by atoms with Crippen molar-refractivity contribution < 1.29 is 21.8 Å². The number of amides is 1. The molecule has 0 spiro atoms. The third-order valence-corrected chi connectivity index (χ3v) is 6.63. The van der Waals surface area contributed by atoms with Crippen molar-refractivity contribution in [2.24, 2.45) is 5.92 Å². The second-order valence-electron chi connectivity index (χ2n) is 7.30. The smallest absolute Gasteiger partial charge is 0.339 e. The molecule has 0 bridgehead atoms. The quantitative estimate of drug-likeness (QED) is 0.392. The van der Waals surface area contributed by atoms with Crippen molar-refractivity contribution in [1.82, 2.24) is 4.90 Å². The summed E-state index contributed by atoms with van der Waals surface area (Å²) in [5.41, 5.74) is 0.448. The summed E-state index contributed by atoms with van der Waals surface area (Å²) >= 11 is 7.48. The highest BCUT2D eigenvalue weighted by Crippen LogP contribution is 2.28. The molecule has 0 saturated carbocycles. The number of hydrogen-bond donors (Lipinski definition) is 0. The Morgan fingerprint density at radius 1 is 1.16 bits per heavy atom. The normalized spacial score (nSPS) is 11.5. The Kier molecular flexibility index (Phi) is 7.35. The lowest BCUT2D eigenvalue weighted by atomic mass is 10.1. The van der Waals surface area contributed by atoms with Gasteiger partial charge in [0.15, 0.2) is 0 Å². The van der Waals surface area contributed by atoms with Crippen molar-refractivity contribution in [2.45, 2.75) is 25.3 Å². The van der Waals surface area contributed by atoms with Crippen molar-refractivity contribution >= 4 is 39.0 Å². The van der Waals surface area contributed by atoms with Crippen molar-refractivity contribution in [2.75, 3.05) is 6.54 Å². The number of rotatable bonds is 8. The van der Waals surface area contributed by atoms with Crippen LogP contribution in [-0.4, -0.2) is 25.8 Å². The Balaban J connectivity index is 1.92. The first-order valence-electron chi connectivity index (χ1n) is 9.47. The number of carbonyl (C=O) groups excluding carboxylic acids is 1. The molecule has 31 heavy (non-hydrogen) atoms. The fourth-order valence-corrected chi connectivity index (χ4v) is 4.79. The zero-order chi connectivity index (χ0) is 22.6. The molecule has 0 unspecified atom stereocenters. The first-order valence-corrected chi connectivity index (χ1v) is 12.1. The molecule has 0 atom stereocenters. The van der Waals surface area contributed by atoms with Crippen LogP contribution in [0, 0.1) is 11.7 Å². The molecule has 2 aromatic carbocycles. The molecule has 9 heteroatoms. The van der Waals surface area contributed by atoms with E-state index in [0.29, 0.717) is 22.0 Å². The summed E-state index contributed by atoms with van der Waals surface area (Å²) < 4.78 is 43.9.